The third-order valence-electron chi connectivity index (χ3n) is 6.84. The molecule has 6 heteroatoms. The maximum Gasteiger partial charge on any atom is 0.164 e. The van der Waals surface area contributed by atoms with Crippen LogP contribution in [0.25, 0.3) is 0 Å². The van der Waals surface area contributed by atoms with Gasteiger partial charge in [-0.1, -0.05) is 139 Å². The summed E-state index contributed by atoms with van der Waals surface area (Å²) in [7, 11) is 0. The summed E-state index contributed by atoms with van der Waals surface area (Å²) in [6, 6.07) is 0. The van der Waals surface area contributed by atoms with Crippen LogP contribution in [0.15, 0.2) is 24.3 Å². The van der Waals surface area contributed by atoms with Gasteiger partial charge in [0.15, 0.2) is 17.4 Å². The second-order valence-corrected chi connectivity index (χ2v) is 13.4. The van der Waals surface area contributed by atoms with Gasteiger partial charge < -0.3 is 28.4 Å². The number of ether oxygens (including phenoxy) is 6. The Hall–Kier alpha value is -0.760. The van der Waals surface area contributed by atoms with Crippen LogP contribution in [-0.2, 0) is 28.4 Å². The van der Waals surface area contributed by atoms with Gasteiger partial charge in [-0.2, -0.15) is 0 Å². The molecule has 290 valence electrons. The summed E-state index contributed by atoms with van der Waals surface area (Å²) < 4.78 is 34.1. The molecule has 3 aliphatic carbocycles. The number of hydrogen-bond acceptors (Lipinski definition) is 6. The normalized spacial score (nSPS) is 29.7. The first-order valence-corrected chi connectivity index (χ1v) is 20.2. The van der Waals surface area contributed by atoms with E-state index >= 15 is 0 Å². The van der Waals surface area contributed by atoms with Crippen LogP contribution < -0.4 is 0 Å². The zero-order chi connectivity index (χ0) is 37.8. The molecular formula is C42H86O6. The molecule has 0 unspecified atom stereocenters. The van der Waals surface area contributed by atoms with E-state index in [-0.39, 0.29) is 29.6 Å². The summed E-state index contributed by atoms with van der Waals surface area (Å²) in [5.74, 6) is -1.06. The summed E-state index contributed by atoms with van der Waals surface area (Å²) in [4.78, 5) is 0. The number of fused-ring (bicyclic) bond motifs is 3. The summed E-state index contributed by atoms with van der Waals surface area (Å²) in [6.45, 7) is 36.6. The molecule has 0 radical (unpaired) electrons. The maximum atomic E-state index is 5.73. The molecule has 6 rings (SSSR count). The molecule has 0 aromatic rings. The number of rotatable bonds is 0. The summed E-state index contributed by atoms with van der Waals surface area (Å²) in [6.07, 6.45) is 23.6. The molecule has 0 aromatic carbocycles. The minimum atomic E-state index is -0.371. The van der Waals surface area contributed by atoms with E-state index in [9.17, 15) is 0 Å². The second-order valence-electron chi connectivity index (χ2n) is 13.4. The van der Waals surface area contributed by atoms with Crippen LogP contribution in [0, 0.1) is 0 Å². The molecule has 0 aromatic heterocycles. The first-order chi connectivity index (χ1) is 22.8. The lowest BCUT2D eigenvalue weighted by Gasteiger charge is -2.21. The van der Waals surface area contributed by atoms with Crippen molar-refractivity contribution >= 4 is 0 Å². The average molecular weight is 687 g/mol. The van der Waals surface area contributed by atoms with Crippen LogP contribution in [-0.4, -0.2) is 54.0 Å². The first kappa shape index (κ1) is 51.6. The smallest absolute Gasteiger partial charge is 0.164 e. The van der Waals surface area contributed by atoms with Crippen LogP contribution >= 0.6 is 0 Å². The molecule has 6 nitrogen and oxygen atoms in total. The fourth-order valence-electron chi connectivity index (χ4n) is 5.57. The maximum absolute atomic E-state index is 5.73. The zero-order valence-electron chi connectivity index (χ0n) is 35.5. The second kappa shape index (κ2) is 29.9. The third kappa shape index (κ3) is 22.9. The SMILES string of the molecule is CC.CC.CC.CC1(C)O[C@H]2C=CCC[C@H]2O1.CC1(C)O[C@H]2CCC=C[C@H]2O1.CC1(C)O[C@H]2CCCC[C@H]2O1.CCC.CCC.CCC. The molecule has 3 saturated heterocycles. The van der Waals surface area contributed by atoms with E-state index in [0.717, 1.165) is 25.7 Å². The minimum absolute atomic E-state index is 0.207. The van der Waals surface area contributed by atoms with Crippen LogP contribution in [0.2, 0.25) is 0 Å². The fourth-order valence-corrected chi connectivity index (χ4v) is 5.57. The van der Waals surface area contributed by atoms with Crippen molar-refractivity contribution in [3.8, 4) is 0 Å². The van der Waals surface area contributed by atoms with Crippen molar-refractivity contribution in [2.45, 2.75) is 249 Å². The van der Waals surface area contributed by atoms with Crippen molar-refractivity contribution < 1.29 is 28.4 Å². The Morgan fingerprint density at radius 3 is 0.938 bits per heavy atom. The molecule has 4 fully saturated rings. The van der Waals surface area contributed by atoms with Gasteiger partial charge in [-0.3, -0.25) is 0 Å². The predicted molar refractivity (Wildman–Crippen MR) is 209 cm³/mol. The van der Waals surface area contributed by atoms with Gasteiger partial charge in [0.25, 0.3) is 0 Å². The van der Waals surface area contributed by atoms with Crippen LogP contribution in [0.1, 0.15) is 195 Å². The van der Waals surface area contributed by atoms with E-state index in [1.54, 1.807) is 0 Å². The Morgan fingerprint density at radius 1 is 0.417 bits per heavy atom. The zero-order valence-corrected chi connectivity index (χ0v) is 35.5. The highest BCUT2D eigenvalue weighted by Gasteiger charge is 2.42. The van der Waals surface area contributed by atoms with Crippen molar-refractivity contribution in [3.63, 3.8) is 0 Å². The van der Waals surface area contributed by atoms with E-state index in [0.29, 0.717) is 24.4 Å². The Labute approximate surface area is 301 Å². The van der Waals surface area contributed by atoms with Gasteiger partial charge in [-0.05, 0) is 80.1 Å². The molecule has 3 heterocycles. The van der Waals surface area contributed by atoms with Gasteiger partial charge >= 0.3 is 0 Å². The van der Waals surface area contributed by atoms with Gasteiger partial charge in [-0.25, -0.2) is 0 Å². The van der Waals surface area contributed by atoms with E-state index in [4.69, 9.17) is 28.4 Å². The van der Waals surface area contributed by atoms with Crippen molar-refractivity contribution in [1.82, 2.24) is 0 Å². The first-order valence-electron chi connectivity index (χ1n) is 20.2. The molecule has 1 saturated carbocycles. The highest BCUT2D eigenvalue weighted by Crippen LogP contribution is 2.37. The topological polar surface area (TPSA) is 55.4 Å². The van der Waals surface area contributed by atoms with E-state index < -0.39 is 0 Å². The molecule has 0 bridgehead atoms. The molecule has 0 N–H and O–H groups in total. The average Bonchev–Trinajstić information content (AvgIpc) is 3.67. The number of allylic oxidation sites excluding steroid dienone is 2. The lowest BCUT2D eigenvalue weighted by atomic mass is 9.95. The highest BCUT2D eigenvalue weighted by molar-refractivity contribution is 5.03. The van der Waals surface area contributed by atoms with Crippen LogP contribution in [0.5, 0.6) is 0 Å². The van der Waals surface area contributed by atoms with Gasteiger partial charge in [0.1, 0.15) is 12.2 Å². The van der Waals surface area contributed by atoms with Crippen molar-refractivity contribution in [1.29, 1.82) is 0 Å². The summed E-state index contributed by atoms with van der Waals surface area (Å²) in [5.41, 5.74) is 0. The molecule has 6 atom stereocenters. The molecule has 3 aliphatic heterocycles. The monoisotopic (exact) mass is 687 g/mol. The molecule has 0 amide bonds. The Morgan fingerprint density at radius 2 is 0.667 bits per heavy atom. The van der Waals surface area contributed by atoms with Gasteiger partial charge in [0.05, 0.1) is 24.4 Å². The predicted octanol–water partition coefficient (Wildman–Crippen LogP) is 13.1. The fraction of sp³-hybridized carbons (Fsp3) is 0.905. The Bertz CT molecular complexity index is 696. The quantitative estimate of drug-likeness (QED) is 0.236. The summed E-state index contributed by atoms with van der Waals surface area (Å²) >= 11 is 0. The Kier molecular flexibility index (Phi) is 32.2. The van der Waals surface area contributed by atoms with E-state index in [2.05, 4.69) is 65.8 Å². The van der Waals surface area contributed by atoms with Crippen molar-refractivity contribution in [3.05, 3.63) is 24.3 Å². The van der Waals surface area contributed by atoms with Gasteiger partial charge in [0, 0.05) is 0 Å². The van der Waals surface area contributed by atoms with E-state index in [1.165, 1.54) is 44.9 Å². The van der Waals surface area contributed by atoms with Crippen LogP contribution in [0.3, 0.4) is 0 Å². The number of hydrogen-bond donors (Lipinski definition) is 0. The largest absolute Gasteiger partial charge is 0.345 e. The van der Waals surface area contributed by atoms with Crippen molar-refractivity contribution in [2.24, 2.45) is 0 Å². The Balaban J connectivity index is -0.000000527. The van der Waals surface area contributed by atoms with E-state index in [1.807, 2.05) is 83.1 Å². The van der Waals surface area contributed by atoms with Crippen molar-refractivity contribution in [2.75, 3.05) is 0 Å². The lowest BCUT2D eigenvalue weighted by molar-refractivity contribution is -0.145. The summed E-state index contributed by atoms with van der Waals surface area (Å²) in [5, 5.41) is 0. The minimum Gasteiger partial charge on any atom is -0.345 e. The lowest BCUT2D eigenvalue weighted by Crippen LogP contribution is -2.25. The third-order valence-corrected chi connectivity index (χ3v) is 6.84. The van der Waals surface area contributed by atoms with Crippen LogP contribution in [0.4, 0.5) is 0 Å². The standard InChI is InChI=1S/C9H16O2.2C9H14O2.3C3H8.3C2H6/c3*1-9(2)10-7-5-3-4-6-8(7)11-9;3*1-3-2;3*1-2/h7-8H,3-6H2,1-2H3;2*3,5,7-8H,4,6H2,1-2H3;3*3H2,1-2H3;3*1-2H3/t3*7-,8+;;;;;;/m.10....../s1. The highest BCUT2D eigenvalue weighted by atomic mass is 16.8. The van der Waals surface area contributed by atoms with Gasteiger partial charge in [0.2, 0.25) is 0 Å². The molecule has 6 aliphatic rings. The molecular weight excluding hydrogens is 600 g/mol. The molecule has 48 heavy (non-hydrogen) atoms. The molecule has 0 spiro atoms. The van der Waals surface area contributed by atoms with Gasteiger partial charge in [-0.15, -0.1) is 0 Å².